The maximum absolute atomic E-state index is 11.4. The zero-order valence-electron chi connectivity index (χ0n) is 15.5. The Kier molecular flexibility index (Phi) is 9.30. The Labute approximate surface area is 142 Å². The number of carbonyl (C=O) groups excluding carboxylic acids is 1. The van der Waals surface area contributed by atoms with Gasteiger partial charge in [0, 0.05) is 13.1 Å². The molecule has 4 nitrogen and oxygen atoms in total. The highest BCUT2D eigenvalue weighted by Gasteiger charge is 2.22. The summed E-state index contributed by atoms with van der Waals surface area (Å²) in [5, 5.41) is 6.26. The molecule has 0 atom stereocenters. The quantitative estimate of drug-likeness (QED) is 0.466. The molecule has 1 saturated carbocycles. The first-order valence-electron chi connectivity index (χ1n) is 9.21. The van der Waals surface area contributed by atoms with Crippen molar-refractivity contribution in [2.45, 2.75) is 71.8 Å². The number of amides is 1. The SMILES string of the molecule is CC1CC(/C=C/CNCCCCCCNC(=O)OC(C)(C)C)C1. The van der Waals surface area contributed by atoms with Gasteiger partial charge in [-0.1, -0.05) is 31.9 Å². The molecule has 1 fully saturated rings. The van der Waals surface area contributed by atoms with E-state index in [0.717, 1.165) is 37.8 Å². The van der Waals surface area contributed by atoms with Crippen molar-refractivity contribution < 1.29 is 9.53 Å². The van der Waals surface area contributed by atoms with Crippen LogP contribution in [0, 0.1) is 11.8 Å². The Morgan fingerprint density at radius 3 is 2.39 bits per heavy atom. The Balaban J connectivity index is 1.80. The van der Waals surface area contributed by atoms with E-state index in [-0.39, 0.29) is 6.09 Å². The van der Waals surface area contributed by atoms with Gasteiger partial charge in [0.25, 0.3) is 0 Å². The molecule has 0 aromatic heterocycles. The number of nitrogens with one attached hydrogen (secondary N) is 2. The highest BCUT2D eigenvalue weighted by atomic mass is 16.6. The minimum absolute atomic E-state index is 0.313. The van der Waals surface area contributed by atoms with Crippen molar-refractivity contribution in [2.75, 3.05) is 19.6 Å². The molecule has 23 heavy (non-hydrogen) atoms. The molecule has 0 spiro atoms. The molecule has 0 heterocycles. The average molecular weight is 325 g/mol. The third-order valence-corrected chi connectivity index (χ3v) is 4.03. The summed E-state index contributed by atoms with van der Waals surface area (Å²) in [5.41, 5.74) is -0.416. The summed E-state index contributed by atoms with van der Waals surface area (Å²) in [4.78, 5) is 11.4. The lowest BCUT2D eigenvalue weighted by Gasteiger charge is -2.30. The molecule has 1 aliphatic carbocycles. The van der Waals surface area contributed by atoms with Gasteiger partial charge in [-0.25, -0.2) is 4.79 Å². The fourth-order valence-corrected chi connectivity index (χ4v) is 2.80. The van der Waals surface area contributed by atoms with Gasteiger partial charge in [-0.2, -0.15) is 0 Å². The molecule has 4 heteroatoms. The number of alkyl carbamates (subject to hydrolysis) is 1. The van der Waals surface area contributed by atoms with Gasteiger partial charge < -0.3 is 15.4 Å². The van der Waals surface area contributed by atoms with Crippen molar-refractivity contribution in [3.63, 3.8) is 0 Å². The van der Waals surface area contributed by atoms with Crippen LogP contribution in [0.3, 0.4) is 0 Å². The van der Waals surface area contributed by atoms with E-state index >= 15 is 0 Å². The lowest BCUT2D eigenvalue weighted by Crippen LogP contribution is -2.33. The van der Waals surface area contributed by atoms with E-state index in [1.165, 1.54) is 25.7 Å². The second-order valence-corrected chi connectivity index (χ2v) is 7.81. The van der Waals surface area contributed by atoms with E-state index < -0.39 is 5.60 Å². The predicted molar refractivity (Wildman–Crippen MR) is 96.6 cm³/mol. The van der Waals surface area contributed by atoms with Crippen LogP contribution in [-0.2, 0) is 4.74 Å². The molecule has 1 amide bonds. The van der Waals surface area contributed by atoms with Gasteiger partial charge in [-0.3, -0.25) is 0 Å². The highest BCUT2D eigenvalue weighted by molar-refractivity contribution is 5.67. The number of allylic oxidation sites excluding steroid dienone is 1. The second kappa shape index (κ2) is 10.7. The largest absolute Gasteiger partial charge is 0.444 e. The van der Waals surface area contributed by atoms with Gasteiger partial charge in [0.05, 0.1) is 0 Å². The van der Waals surface area contributed by atoms with Crippen molar-refractivity contribution in [1.82, 2.24) is 10.6 Å². The van der Waals surface area contributed by atoms with Crippen molar-refractivity contribution in [1.29, 1.82) is 0 Å². The van der Waals surface area contributed by atoms with Crippen LogP contribution in [0.15, 0.2) is 12.2 Å². The van der Waals surface area contributed by atoms with Crippen LogP contribution in [-0.4, -0.2) is 31.3 Å². The van der Waals surface area contributed by atoms with Crippen LogP contribution >= 0.6 is 0 Å². The zero-order valence-corrected chi connectivity index (χ0v) is 15.5. The fraction of sp³-hybridized carbons (Fsp3) is 0.842. The lowest BCUT2D eigenvalue weighted by atomic mass is 9.76. The van der Waals surface area contributed by atoms with Crippen LogP contribution in [0.2, 0.25) is 0 Å². The minimum atomic E-state index is -0.416. The summed E-state index contributed by atoms with van der Waals surface area (Å²) in [7, 11) is 0. The highest BCUT2D eigenvalue weighted by Crippen LogP contribution is 2.33. The Morgan fingerprint density at radius 2 is 1.78 bits per heavy atom. The van der Waals surface area contributed by atoms with Crippen molar-refractivity contribution >= 4 is 6.09 Å². The van der Waals surface area contributed by atoms with E-state index in [1.54, 1.807) is 0 Å². The summed E-state index contributed by atoms with van der Waals surface area (Å²) in [6.45, 7) is 10.7. The molecule has 0 unspecified atom stereocenters. The van der Waals surface area contributed by atoms with Crippen LogP contribution in [0.4, 0.5) is 4.79 Å². The first kappa shape index (κ1) is 20.0. The summed E-state index contributed by atoms with van der Waals surface area (Å²) in [5.74, 6) is 1.77. The Bertz CT molecular complexity index is 355. The average Bonchev–Trinajstić information content (AvgIpc) is 2.40. The van der Waals surface area contributed by atoms with Crippen LogP contribution < -0.4 is 10.6 Å². The molecule has 0 saturated heterocycles. The molecule has 0 bridgehead atoms. The normalized spacial score (nSPS) is 21.2. The molecule has 0 aliphatic heterocycles. The maximum atomic E-state index is 11.4. The number of ether oxygens (including phenoxy) is 1. The topological polar surface area (TPSA) is 50.4 Å². The fourth-order valence-electron chi connectivity index (χ4n) is 2.80. The molecule has 1 aliphatic rings. The van der Waals surface area contributed by atoms with E-state index in [2.05, 4.69) is 29.7 Å². The lowest BCUT2D eigenvalue weighted by molar-refractivity contribution is 0.0527. The zero-order chi connectivity index (χ0) is 17.1. The second-order valence-electron chi connectivity index (χ2n) is 7.81. The molecule has 134 valence electrons. The van der Waals surface area contributed by atoms with Crippen molar-refractivity contribution in [3.8, 4) is 0 Å². The third-order valence-electron chi connectivity index (χ3n) is 4.03. The van der Waals surface area contributed by atoms with E-state index in [9.17, 15) is 4.79 Å². The van der Waals surface area contributed by atoms with Crippen LogP contribution in [0.1, 0.15) is 66.2 Å². The van der Waals surface area contributed by atoms with Gasteiger partial charge >= 0.3 is 6.09 Å². The molecule has 1 rings (SSSR count). The van der Waals surface area contributed by atoms with Gasteiger partial charge in [-0.05, 0) is 64.8 Å². The standard InChI is InChI=1S/C19H36N2O2/c1-16-14-17(15-16)10-9-12-20-11-7-5-6-8-13-21-18(22)23-19(2,3)4/h9-10,16-17,20H,5-8,11-15H2,1-4H3,(H,21,22)/b10-9+. The van der Waals surface area contributed by atoms with E-state index in [4.69, 9.17) is 4.74 Å². The van der Waals surface area contributed by atoms with Gasteiger partial charge in [-0.15, -0.1) is 0 Å². The van der Waals surface area contributed by atoms with Crippen LogP contribution in [0.5, 0.6) is 0 Å². The molecule has 0 aromatic rings. The van der Waals surface area contributed by atoms with E-state index in [0.29, 0.717) is 6.54 Å². The number of hydrogen-bond acceptors (Lipinski definition) is 3. The number of rotatable bonds is 10. The maximum Gasteiger partial charge on any atom is 0.407 e. The van der Waals surface area contributed by atoms with E-state index in [1.807, 2.05) is 20.8 Å². The Morgan fingerprint density at radius 1 is 1.13 bits per heavy atom. The number of unbranched alkanes of at least 4 members (excludes halogenated alkanes) is 3. The third kappa shape index (κ3) is 11.2. The molecular weight excluding hydrogens is 288 g/mol. The number of carbonyl (C=O) groups is 1. The summed E-state index contributed by atoms with van der Waals surface area (Å²) in [6, 6.07) is 0. The van der Waals surface area contributed by atoms with Crippen LogP contribution in [0.25, 0.3) is 0 Å². The monoisotopic (exact) mass is 324 g/mol. The van der Waals surface area contributed by atoms with Gasteiger partial charge in [0.15, 0.2) is 0 Å². The van der Waals surface area contributed by atoms with Gasteiger partial charge in [0.1, 0.15) is 5.60 Å². The summed E-state index contributed by atoms with van der Waals surface area (Å²) in [6.07, 6.45) is 11.6. The Hall–Kier alpha value is -1.03. The summed E-state index contributed by atoms with van der Waals surface area (Å²) < 4.78 is 5.19. The number of hydrogen-bond donors (Lipinski definition) is 2. The predicted octanol–water partition coefficient (Wildman–Crippen LogP) is 4.26. The van der Waals surface area contributed by atoms with Crippen molar-refractivity contribution in [2.24, 2.45) is 11.8 Å². The molecule has 0 aromatic carbocycles. The molecular formula is C19H36N2O2. The minimum Gasteiger partial charge on any atom is -0.444 e. The van der Waals surface area contributed by atoms with Crippen molar-refractivity contribution in [3.05, 3.63) is 12.2 Å². The summed E-state index contributed by atoms with van der Waals surface area (Å²) >= 11 is 0. The first-order chi connectivity index (χ1) is 10.9. The first-order valence-corrected chi connectivity index (χ1v) is 9.21. The molecule has 0 radical (unpaired) electrons. The molecule has 2 N–H and O–H groups in total. The smallest absolute Gasteiger partial charge is 0.407 e. The van der Waals surface area contributed by atoms with Gasteiger partial charge in [0.2, 0.25) is 0 Å².